The molecular weight excluding hydrogens is 420 g/mol. The van der Waals surface area contributed by atoms with E-state index in [0.717, 1.165) is 29.9 Å². The summed E-state index contributed by atoms with van der Waals surface area (Å²) in [5.41, 5.74) is 3.11. The number of nitrogens with zero attached hydrogens (tertiary/aromatic N) is 4. The average Bonchev–Trinajstić information content (AvgIpc) is 3.49. The van der Waals surface area contributed by atoms with Crippen LogP contribution in [0.1, 0.15) is 28.7 Å². The van der Waals surface area contributed by atoms with Gasteiger partial charge >= 0.3 is 0 Å². The second-order valence-electron chi connectivity index (χ2n) is 7.93. The molecule has 7 heteroatoms. The largest absolute Gasteiger partial charge is 0.334 e. The van der Waals surface area contributed by atoms with Gasteiger partial charge in [-0.1, -0.05) is 43.0 Å². The molecule has 2 aliphatic heterocycles. The Morgan fingerprint density at radius 2 is 1.94 bits per heavy atom. The molecule has 0 spiro atoms. The minimum Gasteiger partial charge on any atom is -0.334 e. The number of allylic oxidation sites excluding steroid dienone is 5. The molecule has 32 heavy (non-hydrogen) atoms. The van der Waals surface area contributed by atoms with Crippen molar-refractivity contribution in [2.45, 2.75) is 19.4 Å². The number of piperazine rings is 1. The van der Waals surface area contributed by atoms with Crippen LogP contribution in [0.5, 0.6) is 0 Å². The van der Waals surface area contributed by atoms with Gasteiger partial charge in [0.2, 0.25) is 5.91 Å². The van der Waals surface area contributed by atoms with Gasteiger partial charge in [-0.05, 0) is 30.2 Å². The van der Waals surface area contributed by atoms with Crippen LogP contribution in [0.15, 0.2) is 66.7 Å². The lowest BCUT2D eigenvalue weighted by Crippen LogP contribution is -2.52. The molecule has 0 radical (unpaired) electrons. The maximum Gasteiger partial charge on any atom is 0.282 e. The maximum absolute atomic E-state index is 12.8. The van der Waals surface area contributed by atoms with E-state index in [0.29, 0.717) is 31.1 Å². The van der Waals surface area contributed by atoms with Gasteiger partial charge in [0, 0.05) is 62.5 Å². The Labute approximate surface area is 193 Å². The number of hydrogen-bond acceptors (Lipinski definition) is 5. The molecule has 6 nitrogen and oxygen atoms in total. The Hall–Kier alpha value is -3.03. The van der Waals surface area contributed by atoms with Gasteiger partial charge in [-0.25, -0.2) is 4.98 Å². The van der Waals surface area contributed by atoms with Crippen molar-refractivity contribution in [3.63, 3.8) is 0 Å². The highest BCUT2D eigenvalue weighted by molar-refractivity contribution is 7.11. The highest BCUT2D eigenvalue weighted by Crippen LogP contribution is 2.27. The van der Waals surface area contributed by atoms with Crippen LogP contribution in [0.25, 0.3) is 5.57 Å². The average molecular weight is 449 g/mol. The van der Waals surface area contributed by atoms with E-state index in [4.69, 9.17) is 0 Å². The molecular formula is C25H28N4O2S. The predicted molar refractivity (Wildman–Crippen MR) is 130 cm³/mol. The lowest BCUT2D eigenvalue weighted by Gasteiger charge is -2.37. The number of carbonyl (C=O) groups is 2. The number of amides is 2. The lowest BCUT2D eigenvalue weighted by molar-refractivity contribution is -0.117. The summed E-state index contributed by atoms with van der Waals surface area (Å²) in [7, 11) is 0. The second kappa shape index (κ2) is 10.1. The van der Waals surface area contributed by atoms with Crippen LogP contribution in [0.2, 0.25) is 0 Å². The van der Waals surface area contributed by atoms with E-state index in [9.17, 15) is 9.59 Å². The number of anilines is 1. The fraction of sp³-hybridized carbons (Fsp3) is 0.320. The van der Waals surface area contributed by atoms with E-state index in [-0.39, 0.29) is 17.9 Å². The van der Waals surface area contributed by atoms with Crippen molar-refractivity contribution in [1.82, 2.24) is 14.8 Å². The number of benzene rings is 1. The molecule has 2 amide bonds. The van der Waals surface area contributed by atoms with Crippen molar-refractivity contribution < 1.29 is 9.59 Å². The fourth-order valence-corrected chi connectivity index (χ4v) is 4.93. The lowest BCUT2D eigenvalue weighted by atomic mass is 10.0. The van der Waals surface area contributed by atoms with Crippen LogP contribution in [0.3, 0.4) is 0 Å². The molecule has 1 atom stereocenters. The van der Waals surface area contributed by atoms with Crippen molar-refractivity contribution in [1.29, 1.82) is 0 Å². The van der Waals surface area contributed by atoms with Crippen LogP contribution in [0, 0.1) is 0 Å². The van der Waals surface area contributed by atoms with Gasteiger partial charge < -0.3 is 9.80 Å². The molecule has 2 aromatic rings. The van der Waals surface area contributed by atoms with Crippen LogP contribution in [-0.2, 0) is 4.79 Å². The van der Waals surface area contributed by atoms with Gasteiger partial charge in [0.25, 0.3) is 5.91 Å². The molecule has 2 fully saturated rings. The van der Waals surface area contributed by atoms with Crippen LogP contribution in [0.4, 0.5) is 5.69 Å². The SMILES string of the molecule is C=C/C=C(\C=C/C)c1ccc(N2CC(N3CCN(C(=O)c4nccs4)CC3)CC2=O)cc1. The summed E-state index contributed by atoms with van der Waals surface area (Å²) in [6.07, 6.45) is 9.99. The number of carbonyl (C=O) groups excluding carboxylic acids is 2. The molecule has 1 unspecified atom stereocenters. The number of hydrogen-bond donors (Lipinski definition) is 0. The van der Waals surface area contributed by atoms with Crippen molar-refractivity contribution in [3.05, 3.63) is 77.3 Å². The summed E-state index contributed by atoms with van der Waals surface area (Å²) in [5.74, 6) is 0.158. The summed E-state index contributed by atoms with van der Waals surface area (Å²) in [6.45, 7) is 9.35. The summed E-state index contributed by atoms with van der Waals surface area (Å²) < 4.78 is 0. The van der Waals surface area contributed by atoms with Gasteiger partial charge in [-0.2, -0.15) is 0 Å². The molecule has 0 aliphatic carbocycles. The number of thiazole rings is 1. The Kier molecular flexibility index (Phi) is 6.97. The van der Waals surface area contributed by atoms with E-state index in [1.807, 2.05) is 64.6 Å². The third kappa shape index (κ3) is 4.74. The van der Waals surface area contributed by atoms with Crippen molar-refractivity contribution in [2.24, 2.45) is 0 Å². The molecule has 166 valence electrons. The van der Waals surface area contributed by atoms with E-state index in [1.165, 1.54) is 11.3 Å². The Balaban J connectivity index is 1.37. The molecule has 0 saturated carbocycles. The molecule has 2 saturated heterocycles. The van der Waals surface area contributed by atoms with E-state index in [1.54, 1.807) is 12.3 Å². The predicted octanol–water partition coefficient (Wildman–Crippen LogP) is 3.85. The van der Waals surface area contributed by atoms with Gasteiger partial charge in [0.1, 0.15) is 0 Å². The van der Waals surface area contributed by atoms with Gasteiger partial charge in [0.15, 0.2) is 5.01 Å². The standard InChI is InChI=1S/C25H28N4O2S/c1-3-5-19(6-4-2)20-7-9-21(10-8-20)29-18-22(17-23(29)30)27-12-14-28(15-13-27)25(31)24-26-11-16-32-24/h3-11,16,22H,1,12-15,17-18H2,2H3/b6-4-,19-5+. The van der Waals surface area contributed by atoms with Gasteiger partial charge in [-0.15, -0.1) is 11.3 Å². The Morgan fingerprint density at radius 1 is 1.19 bits per heavy atom. The van der Waals surface area contributed by atoms with Crippen molar-refractivity contribution in [2.75, 3.05) is 37.6 Å². The van der Waals surface area contributed by atoms with Gasteiger partial charge in [-0.3, -0.25) is 14.5 Å². The molecule has 2 aliphatic rings. The first kappa shape index (κ1) is 22.2. The smallest absolute Gasteiger partial charge is 0.282 e. The van der Waals surface area contributed by atoms with E-state index in [2.05, 4.69) is 16.5 Å². The quantitative estimate of drug-likeness (QED) is 0.630. The Morgan fingerprint density at radius 3 is 2.56 bits per heavy atom. The molecule has 1 aromatic carbocycles. The Bertz CT molecular complexity index is 1020. The molecule has 0 bridgehead atoms. The first-order valence-electron chi connectivity index (χ1n) is 10.9. The monoisotopic (exact) mass is 448 g/mol. The van der Waals surface area contributed by atoms with E-state index >= 15 is 0 Å². The normalized spacial score (nSPS) is 20.3. The first-order chi connectivity index (χ1) is 15.6. The van der Waals surface area contributed by atoms with Crippen molar-refractivity contribution >= 4 is 34.4 Å². The van der Waals surface area contributed by atoms with E-state index < -0.39 is 0 Å². The zero-order chi connectivity index (χ0) is 22.5. The number of rotatable bonds is 6. The summed E-state index contributed by atoms with van der Waals surface area (Å²) in [6, 6.07) is 8.31. The van der Waals surface area contributed by atoms with Crippen LogP contribution >= 0.6 is 11.3 Å². The summed E-state index contributed by atoms with van der Waals surface area (Å²) in [5, 5.41) is 2.37. The zero-order valence-electron chi connectivity index (χ0n) is 18.3. The second-order valence-corrected chi connectivity index (χ2v) is 8.83. The molecule has 1 aromatic heterocycles. The minimum absolute atomic E-state index is 0.00616. The zero-order valence-corrected chi connectivity index (χ0v) is 19.1. The first-order valence-corrected chi connectivity index (χ1v) is 11.8. The maximum atomic E-state index is 12.8. The highest BCUT2D eigenvalue weighted by atomic mass is 32.1. The summed E-state index contributed by atoms with van der Waals surface area (Å²) in [4.78, 5) is 35.5. The molecule has 3 heterocycles. The number of aromatic nitrogens is 1. The van der Waals surface area contributed by atoms with Crippen LogP contribution < -0.4 is 4.90 Å². The van der Waals surface area contributed by atoms with Crippen molar-refractivity contribution in [3.8, 4) is 0 Å². The summed E-state index contributed by atoms with van der Waals surface area (Å²) >= 11 is 1.38. The third-order valence-electron chi connectivity index (χ3n) is 5.99. The molecule has 0 N–H and O–H groups in total. The van der Waals surface area contributed by atoms with Crippen LogP contribution in [-0.4, -0.2) is 65.4 Å². The highest BCUT2D eigenvalue weighted by Gasteiger charge is 2.36. The molecule has 4 rings (SSSR count). The topological polar surface area (TPSA) is 56.8 Å². The minimum atomic E-state index is 0.00616. The van der Waals surface area contributed by atoms with Gasteiger partial charge in [0.05, 0.1) is 0 Å². The third-order valence-corrected chi connectivity index (χ3v) is 6.75. The fourth-order valence-electron chi connectivity index (χ4n) is 4.33.